The number of nitrogens with one attached hydrogen (secondary N) is 1. The third-order valence-electron chi connectivity index (χ3n) is 3.42. The van der Waals surface area contributed by atoms with Crippen LogP contribution in [0.5, 0.6) is 0 Å². The molecule has 0 atom stereocenters. The summed E-state index contributed by atoms with van der Waals surface area (Å²) in [7, 11) is 0. The fourth-order valence-corrected chi connectivity index (χ4v) is 4.28. The minimum absolute atomic E-state index is 0.147. The SMILES string of the molecule is C=CCSCC(=O)Nc1sc(C)c(-c2ccc(Br)cc2)c1C(=O)OCC. The lowest BCUT2D eigenvalue weighted by atomic mass is 10.0. The van der Waals surface area contributed by atoms with E-state index < -0.39 is 5.97 Å². The molecule has 0 saturated heterocycles. The number of ether oxygens (including phenoxy) is 1. The van der Waals surface area contributed by atoms with Crippen molar-refractivity contribution in [3.8, 4) is 11.1 Å². The molecule has 0 spiro atoms. The van der Waals surface area contributed by atoms with Crippen LogP contribution in [0.1, 0.15) is 22.2 Å². The Morgan fingerprint density at radius 1 is 1.35 bits per heavy atom. The summed E-state index contributed by atoms with van der Waals surface area (Å²) in [4.78, 5) is 25.7. The molecular weight excluding hydrogens is 434 g/mol. The number of anilines is 1. The Labute approximate surface area is 170 Å². The molecule has 26 heavy (non-hydrogen) atoms. The van der Waals surface area contributed by atoms with Crippen LogP contribution in [0.4, 0.5) is 5.00 Å². The molecule has 1 aromatic heterocycles. The number of carbonyl (C=O) groups excluding carboxylic acids is 2. The van der Waals surface area contributed by atoms with Gasteiger partial charge in [0.1, 0.15) is 10.6 Å². The van der Waals surface area contributed by atoms with Gasteiger partial charge in [0, 0.05) is 20.7 Å². The number of thiophene rings is 1. The molecule has 2 aromatic rings. The summed E-state index contributed by atoms with van der Waals surface area (Å²) in [5.41, 5.74) is 2.13. The molecule has 4 nitrogen and oxygen atoms in total. The monoisotopic (exact) mass is 453 g/mol. The van der Waals surface area contributed by atoms with Crippen LogP contribution in [0, 0.1) is 6.92 Å². The molecule has 0 fully saturated rings. The predicted molar refractivity (Wildman–Crippen MR) is 114 cm³/mol. The summed E-state index contributed by atoms with van der Waals surface area (Å²) in [6, 6.07) is 7.72. The summed E-state index contributed by atoms with van der Waals surface area (Å²) < 4.78 is 6.19. The van der Waals surface area contributed by atoms with Gasteiger partial charge in [-0.25, -0.2) is 4.79 Å². The maximum atomic E-state index is 12.6. The van der Waals surface area contributed by atoms with Crippen LogP contribution in [0.3, 0.4) is 0 Å². The number of carbonyl (C=O) groups is 2. The fourth-order valence-electron chi connectivity index (χ4n) is 2.39. The van der Waals surface area contributed by atoms with Crippen molar-refractivity contribution in [2.24, 2.45) is 0 Å². The van der Waals surface area contributed by atoms with E-state index in [9.17, 15) is 9.59 Å². The highest BCUT2D eigenvalue weighted by Gasteiger charge is 2.25. The number of rotatable bonds is 8. The van der Waals surface area contributed by atoms with Crippen molar-refractivity contribution < 1.29 is 14.3 Å². The van der Waals surface area contributed by atoms with E-state index in [2.05, 4.69) is 27.8 Å². The van der Waals surface area contributed by atoms with Crippen LogP contribution in [0.15, 0.2) is 41.4 Å². The number of aryl methyl sites for hydroxylation is 1. The van der Waals surface area contributed by atoms with E-state index in [1.165, 1.54) is 23.1 Å². The van der Waals surface area contributed by atoms with Gasteiger partial charge in [-0.05, 0) is 31.5 Å². The number of hydrogen-bond acceptors (Lipinski definition) is 5. The number of thioether (sulfide) groups is 1. The van der Waals surface area contributed by atoms with E-state index in [0.29, 0.717) is 22.1 Å². The second-order valence-corrected chi connectivity index (χ2v) is 8.49. The predicted octanol–water partition coefficient (Wildman–Crippen LogP) is 5.52. The van der Waals surface area contributed by atoms with Crippen molar-refractivity contribution in [3.05, 3.63) is 51.8 Å². The van der Waals surface area contributed by atoms with Gasteiger partial charge < -0.3 is 10.1 Å². The zero-order valence-corrected chi connectivity index (χ0v) is 17.9. The molecule has 0 saturated carbocycles. The van der Waals surface area contributed by atoms with Crippen molar-refractivity contribution in [1.82, 2.24) is 0 Å². The van der Waals surface area contributed by atoms with E-state index >= 15 is 0 Å². The molecular formula is C19H20BrNO3S2. The molecule has 1 heterocycles. The van der Waals surface area contributed by atoms with E-state index in [-0.39, 0.29) is 12.5 Å². The standard InChI is InChI=1S/C19H20BrNO3S2/c1-4-10-25-11-15(22)21-18-17(19(23)24-5-2)16(12(3)26-18)13-6-8-14(20)9-7-13/h4,6-9H,1,5,10-11H2,2-3H3,(H,21,22). The molecule has 7 heteroatoms. The van der Waals surface area contributed by atoms with Crippen molar-refractivity contribution in [3.63, 3.8) is 0 Å². The van der Waals surface area contributed by atoms with Crippen LogP contribution < -0.4 is 5.32 Å². The lowest BCUT2D eigenvalue weighted by molar-refractivity contribution is -0.113. The topological polar surface area (TPSA) is 55.4 Å². The maximum Gasteiger partial charge on any atom is 0.341 e. The Morgan fingerprint density at radius 3 is 2.65 bits per heavy atom. The average molecular weight is 454 g/mol. The Bertz CT molecular complexity index is 800. The Morgan fingerprint density at radius 2 is 2.04 bits per heavy atom. The van der Waals surface area contributed by atoms with Crippen molar-refractivity contribution in [2.45, 2.75) is 13.8 Å². The smallest absolute Gasteiger partial charge is 0.341 e. The highest BCUT2D eigenvalue weighted by Crippen LogP contribution is 2.40. The first-order chi connectivity index (χ1) is 12.5. The average Bonchev–Trinajstić information content (AvgIpc) is 2.92. The maximum absolute atomic E-state index is 12.6. The molecule has 1 N–H and O–H groups in total. The molecule has 138 valence electrons. The van der Waals surface area contributed by atoms with E-state index in [1.54, 1.807) is 13.0 Å². The quantitative estimate of drug-likeness (QED) is 0.324. The second-order valence-electron chi connectivity index (χ2n) is 5.32. The number of halogens is 1. The molecule has 1 amide bonds. The van der Waals surface area contributed by atoms with Gasteiger partial charge in [0.15, 0.2) is 0 Å². The van der Waals surface area contributed by atoms with Crippen molar-refractivity contribution in [1.29, 1.82) is 0 Å². The zero-order valence-electron chi connectivity index (χ0n) is 14.6. The fraction of sp³-hybridized carbons (Fsp3) is 0.263. The molecule has 0 unspecified atom stereocenters. The van der Waals surface area contributed by atoms with Gasteiger partial charge in [0.25, 0.3) is 0 Å². The second kappa shape index (κ2) is 9.94. The molecule has 2 rings (SSSR count). The summed E-state index contributed by atoms with van der Waals surface area (Å²) >= 11 is 6.28. The van der Waals surface area contributed by atoms with Gasteiger partial charge in [-0.1, -0.05) is 34.1 Å². The van der Waals surface area contributed by atoms with E-state index in [4.69, 9.17) is 4.74 Å². The summed E-state index contributed by atoms with van der Waals surface area (Å²) in [6.45, 7) is 7.61. The van der Waals surface area contributed by atoms with Crippen molar-refractivity contribution >= 4 is 55.9 Å². The van der Waals surface area contributed by atoms with Crippen LogP contribution >= 0.6 is 39.0 Å². The van der Waals surface area contributed by atoms with Gasteiger partial charge in [-0.2, -0.15) is 0 Å². The Hall–Kier alpha value is -1.57. The first-order valence-electron chi connectivity index (χ1n) is 8.02. The number of hydrogen-bond donors (Lipinski definition) is 1. The largest absolute Gasteiger partial charge is 0.462 e. The van der Waals surface area contributed by atoms with Gasteiger partial charge in [-0.15, -0.1) is 29.7 Å². The van der Waals surface area contributed by atoms with Crippen LogP contribution in [0.25, 0.3) is 11.1 Å². The minimum atomic E-state index is -0.427. The van der Waals surface area contributed by atoms with Crippen LogP contribution in [-0.2, 0) is 9.53 Å². The number of esters is 1. The highest BCUT2D eigenvalue weighted by molar-refractivity contribution is 9.10. The Balaban J connectivity index is 2.40. The molecule has 0 bridgehead atoms. The van der Waals surface area contributed by atoms with Crippen molar-refractivity contribution in [2.75, 3.05) is 23.4 Å². The molecule has 1 aromatic carbocycles. The summed E-state index contributed by atoms with van der Waals surface area (Å²) in [5.74, 6) is 0.430. The van der Waals surface area contributed by atoms with E-state index in [1.807, 2.05) is 31.2 Å². The molecule has 0 aliphatic rings. The third-order valence-corrected chi connectivity index (χ3v) is 5.91. The normalized spacial score (nSPS) is 10.4. The number of benzene rings is 1. The van der Waals surface area contributed by atoms with Gasteiger partial charge >= 0.3 is 5.97 Å². The minimum Gasteiger partial charge on any atom is -0.462 e. The highest BCUT2D eigenvalue weighted by atomic mass is 79.9. The third kappa shape index (κ3) is 5.22. The first kappa shape index (κ1) is 20.7. The van der Waals surface area contributed by atoms with Gasteiger partial charge in [0.05, 0.1) is 12.4 Å². The zero-order chi connectivity index (χ0) is 19.1. The van der Waals surface area contributed by atoms with Crippen LogP contribution in [-0.4, -0.2) is 30.0 Å². The van der Waals surface area contributed by atoms with Gasteiger partial charge in [-0.3, -0.25) is 4.79 Å². The molecule has 0 aliphatic heterocycles. The molecule has 0 radical (unpaired) electrons. The number of amides is 1. The lowest BCUT2D eigenvalue weighted by Crippen LogP contribution is -2.16. The lowest BCUT2D eigenvalue weighted by Gasteiger charge is -2.09. The molecule has 0 aliphatic carbocycles. The Kier molecular flexibility index (Phi) is 7.93. The summed E-state index contributed by atoms with van der Waals surface area (Å²) in [6.07, 6.45) is 1.75. The first-order valence-corrected chi connectivity index (χ1v) is 10.8. The van der Waals surface area contributed by atoms with Gasteiger partial charge in [0.2, 0.25) is 5.91 Å². The summed E-state index contributed by atoms with van der Waals surface area (Å²) in [5, 5.41) is 3.40. The van der Waals surface area contributed by atoms with E-state index in [0.717, 1.165) is 20.5 Å². The van der Waals surface area contributed by atoms with Crippen LogP contribution in [0.2, 0.25) is 0 Å².